The average Bonchev–Trinajstić information content (AvgIpc) is 3.00. The molecule has 0 amide bonds. The lowest BCUT2D eigenvalue weighted by Gasteiger charge is -2.24. The molecule has 1 aliphatic heterocycles. The Morgan fingerprint density at radius 1 is 1.50 bits per heavy atom. The molecule has 124 valence electrons. The van der Waals surface area contributed by atoms with Gasteiger partial charge in [0.2, 0.25) is 0 Å². The second kappa shape index (κ2) is 9.20. The molecule has 0 aliphatic carbocycles. The van der Waals surface area contributed by atoms with E-state index >= 15 is 0 Å². The van der Waals surface area contributed by atoms with Crippen molar-refractivity contribution in [2.24, 2.45) is 0 Å². The van der Waals surface area contributed by atoms with Crippen molar-refractivity contribution in [1.29, 1.82) is 0 Å². The molecule has 0 spiro atoms. The molecule has 1 fully saturated rings. The number of benzene rings is 1. The molecule has 1 aromatic carbocycles. The lowest BCUT2D eigenvalue weighted by Crippen LogP contribution is -2.35. The highest BCUT2D eigenvalue weighted by atomic mass is 19.1. The van der Waals surface area contributed by atoms with E-state index in [2.05, 4.69) is 4.90 Å². The molecule has 1 N–H and O–H groups in total. The molecule has 5 heteroatoms. The molecule has 0 aromatic heterocycles. The summed E-state index contributed by atoms with van der Waals surface area (Å²) in [5.41, 5.74) is 0.911. The van der Waals surface area contributed by atoms with Gasteiger partial charge in [0.25, 0.3) is 0 Å². The fourth-order valence-corrected chi connectivity index (χ4v) is 2.66. The maximum atomic E-state index is 13.2. The minimum absolute atomic E-state index is 0.182. The fraction of sp³-hybridized carbons (Fsp3) is 0.647. The predicted molar refractivity (Wildman–Crippen MR) is 83.2 cm³/mol. The standard InChI is InChI=1S/C17H26FNO3/c1-2-19(10-14-5-3-6-15(18)9-14)11-16(20)12-21-13-17-7-4-8-22-17/h3,5-6,9,16-17,20H,2,4,7-8,10-13H2,1H3. The Morgan fingerprint density at radius 3 is 3.05 bits per heavy atom. The number of aliphatic hydroxyl groups excluding tert-OH is 1. The fourth-order valence-electron chi connectivity index (χ4n) is 2.66. The molecule has 1 saturated heterocycles. The number of halogens is 1. The van der Waals surface area contributed by atoms with Crippen LogP contribution in [-0.4, -0.2) is 55.1 Å². The van der Waals surface area contributed by atoms with Crippen LogP contribution in [0.4, 0.5) is 4.39 Å². The molecule has 1 heterocycles. The summed E-state index contributed by atoms with van der Waals surface area (Å²) in [5, 5.41) is 10.1. The van der Waals surface area contributed by atoms with Crippen LogP contribution in [0.1, 0.15) is 25.3 Å². The smallest absolute Gasteiger partial charge is 0.123 e. The van der Waals surface area contributed by atoms with E-state index in [1.807, 2.05) is 13.0 Å². The SMILES string of the molecule is CCN(Cc1cccc(F)c1)CC(O)COCC1CCCO1. The van der Waals surface area contributed by atoms with E-state index in [1.165, 1.54) is 12.1 Å². The van der Waals surface area contributed by atoms with Crippen LogP contribution in [0.25, 0.3) is 0 Å². The Hall–Kier alpha value is -1.01. The van der Waals surface area contributed by atoms with Crippen LogP contribution in [0.2, 0.25) is 0 Å². The lowest BCUT2D eigenvalue weighted by molar-refractivity contribution is -0.0254. The number of nitrogens with zero attached hydrogens (tertiary/aromatic N) is 1. The molecule has 1 aromatic rings. The maximum absolute atomic E-state index is 13.2. The molecule has 1 aliphatic rings. The summed E-state index contributed by atoms with van der Waals surface area (Å²) in [6.07, 6.45) is 1.77. The lowest BCUT2D eigenvalue weighted by atomic mass is 10.2. The van der Waals surface area contributed by atoms with E-state index < -0.39 is 6.10 Å². The first-order chi connectivity index (χ1) is 10.7. The third kappa shape index (κ3) is 6.01. The summed E-state index contributed by atoms with van der Waals surface area (Å²) in [6.45, 7) is 5.62. The van der Waals surface area contributed by atoms with Crippen LogP contribution in [0.3, 0.4) is 0 Å². The molecule has 0 radical (unpaired) electrons. The third-order valence-corrected chi connectivity index (χ3v) is 3.85. The van der Waals surface area contributed by atoms with Crippen LogP contribution in [0.5, 0.6) is 0 Å². The maximum Gasteiger partial charge on any atom is 0.123 e. The number of ether oxygens (including phenoxy) is 2. The van der Waals surface area contributed by atoms with Gasteiger partial charge < -0.3 is 14.6 Å². The van der Waals surface area contributed by atoms with E-state index in [0.29, 0.717) is 26.3 Å². The zero-order valence-corrected chi connectivity index (χ0v) is 13.2. The topological polar surface area (TPSA) is 41.9 Å². The summed E-state index contributed by atoms with van der Waals surface area (Å²) in [5.74, 6) is -0.228. The Labute approximate surface area is 131 Å². The largest absolute Gasteiger partial charge is 0.389 e. The molecule has 0 bridgehead atoms. The van der Waals surface area contributed by atoms with Crippen molar-refractivity contribution in [3.05, 3.63) is 35.6 Å². The van der Waals surface area contributed by atoms with Crippen molar-refractivity contribution < 1.29 is 19.0 Å². The highest BCUT2D eigenvalue weighted by Crippen LogP contribution is 2.12. The highest BCUT2D eigenvalue weighted by molar-refractivity contribution is 5.16. The highest BCUT2D eigenvalue weighted by Gasteiger charge is 2.17. The van der Waals surface area contributed by atoms with E-state index in [9.17, 15) is 9.50 Å². The van der Waals surface area contributed by atoms with Crippen LogP contribution >= 0.6 is 0 Å². The second-order valence-electron chi connectivity index (χ2n) is 5.78. The molecular weight excluding hydrogens is 285 g/mol. The van der Waals surface area contributed by atoms with Crippen LogP contribution in [0, 0.1) is 5.82 Å². The number of rotatable bonds is 9. The summed E-state index contributed by atoms with van der Waals surface area (Å²) >= 11 is 0. The van der Waals surface area contributed by atoms with Gasteiger partial charge in [-0.2, -0.15) is 0 Å². The molecule has 0 saturated carbocycles. The molecule has 22 heavy (non-hydrogen) atoms. The molecule has 2 rings (SSSR count). The quantitative estimate of drug-likeness (QED) is 0.759. The minimum Gasteiger partial charge on any atom is -0.389 e. The first-order valence-corrected chi connectivity index (χ1v) is 8.01. The number of likely N-dealkylation sites (N-methyl/N-ethyl adjacent to an activating group) is 1. The van der Waals surface area contributed by atoms with E-state index in [1.54, 1.807) is 6.07 Å². The normalized spacial score (nSPS) is 19.7. The first kappa shape index (κ1) is 17.3. The molecule has 2 unspecified atom stereocenters. The van der Waals surface area contributed by atoms with Crippen LogP contribution < -0.4 is 0 Å². The summed E-state index contributed by atoms with van der Waals surface area (Å²) < 4.78 is 24.2. The van der Waals surface area contributed by atoms with Crippen molar-refractivity contribution in [3.8, 4) is 0 Å². The van der Waals surface area contributed by atoms with Gasteiger partial charge in [0.05, 0.1) is 25.4 Å². The van der Waals surface area contributed by atoms with Gasteiger partial charge in [-0.1, -0.05) is 19.1 Å². The number of aliphatic hydroxyl groups is 1. The zero-order valence-electron chi connectivity index (χ0n) is 13.2. The van der Waals surface area contributed by atoms with Gasteiger partial charge in [-0.3, -0.25) is 4.90 Å². The van der Waals surface area contributed by atoms with Gasteiger partial charge in [0.15, 0.2) is 0 Å². The monoisotopic (exact) mass is 311 g/mol. The Bertz CT molecular complexity index is 438. The van der Waals surface area contributed by atoms with Gasteiger partial charge in [-0.15, -0.1) is 0 Å². The molecule has 4 nitrogen and oxygen atoms in total. The molecular formula is C17H26FNO3. The second-order valence-corrected chi connectivity index (χ2v) is 5.78. The first-order valence-electron chi connectivity index (χ1n) is 8.01. The van der Waals surface area contributed by atoms with Crippen LogP contribution in [0.15, 0.2) is 24.3 Å². The average molecular weight is 311 g/mol. The van der Waals surface area contributed by atoms with Gasteiger partial charge >= 0.3 is 0 Å². The molecule has 2 atom stereocenters. The van der Waals surface area contributed by atoms with Crippen molar-refractivity contribution in [1.82, 2.24) is 4.90 Å². The number of hydrogen-bond donors (Lipinski definition) is 1. The predicted octanol–water partition coefficient (Wildman–Crippen LogP) is 2.20. The van der Waals surface area contributed by atoms with Gasteiger partial charge in [0, 0.05) is 19.7 Å². The zero-order chi connectivity index (χ0) is 15.8. The Balaban J connectivity index is 1.69. The summed E-state index contributed by atoms with van der Waals surface area (Å²) in [7, 11) is 0. The van der Waals surface area contributed by atoms with Gasteiger partial charge in [-0.25, -0.2) is 4.39 Å². The Morgan fingerprint density at radius 2 is 2.36 bits per heavy atom. The summed E-state index contributed by atoms with van der Waals surface area (Å²) in [6, 6.07) is 6.57. The van der Waals surface area contributed by atoms with E-state index in [4.69, 9.17) is 9.47 Å². The minimum atomic E-state index is -0.546. The van der Waals surface area contributed by atoms with Gasteiger partial charge in [-0.05, 0) is 37.1 Å². The van der Waals surface area contributed by atoms with E-state index in [-0.39, 0.29) is 11.9 Å². The van der Waals surface area contributed by atoms with Crippen LogP contribution in [-0.2, 0) is 16.0 Å². The summed E-state index contributed by atoms with van der Waals surface area (Å²) in [4.78, 5) is 2.08. The van der Waals surface area contributed by atoms with Crippen molar-refractivity contribution in [3.63, 3.8) is 0 Å². The van der Waals surface area contributed by atoms with E-state index in [0.717, 1.165) is 31.6 Å². The van der Waals surface area contributed by atoms with Gasteiger partial charge in [0.1, 0.15) is 5.82 Å². The number of hydrogen-bond acceptors (Lipinski definition) is 4. The van der Waals surface area contributed by atoms with Crippen molar-refractivity contribution in [2.75, 3.05) is 32.9 Å². The van der Waals surface area contributed by atoms with Crippen molar-refractivity contribution >= 4 is 0 Å². The third-order valence-electron chi connectivity index (χ3n) is 3.85. The van der Waals surface area contributed by atoms with Crippen molar-refractivity contribution in [2.45, 2.75) is 38.5 Å². The Kier molecular flexibility index (Phi) is 7.25.